The summed E-state index contributed by atoms with van der Waals surface area (Å²) in [5.41, 5.74) is 1.01. The van der Waals surface area contributed by atoms with Crippen LogP contribution in [0.3, 0.4) is 0 Å². The Labute approximate surface area is 95.8 Å². The van der Waals surface area contributed by atoms with Gasteiger partial charge in [0.15, 0.2) is 0 Å². The minimum Gasteiger partial charge on any atom is -0.462 e. The van der Waals surface area contributed by atoms with Gasteiger partial charge in [-0.05, 0) is 39.2 Å². The summed E-state index contributed by atoms with van der Waals surface area (Å²) < 4.78 is 10.4. The smallest absolute Gasteiger partial charge is 0.348 e. The normalized spacial score (nSPS) is 24.8. The quantitative estimate of drug-likeness (QED) is 0.408. The molecule has 0 bridgehead atoms. The molecule has 0 spiro atoms. The van der Waals surface area contributed by atoms with E-state index in [9.17, 15) is 4.79 Å². The predicted octanol–water partition coefficient (Wildman–Crippen LogP) is 1.96. The summed E-state index contributed by atoms with van der Waals surface area (Å²) in [6.45, 7) is 5.90. The van der Waals surface area contributed by atoms with Crippen LogP contribution in [0.25, 0.3) is 0 Å². The second kappa shape index (κ2) is 5.66. The maximum Gasteiger partial charge on any atom is 0.348 e. The average molecular weight is 223 g/mol. The average Bonchev–Trinajstić information content (AvgIpc) is 2.17. The third kappa shape index (κ3) is 3.07. The molecule has 1 aliphatic heterocycles. The summed E-state index contributed by atoms with van der Waals surface area (Å²) >= 11 is 0. The number of hydrogen-bond donors (Lipinski definition) is 0. The van der Waals surface area contributed by atoms with Crippen LogP contribution in [0.2, 0.25) is 0 Å². The molecule has 0 N–H and O–H groups in total. The van der Waals surface area contributed by atoms with Crippen LogP contribution < -0.4 is 0 Å². The highest BCUT2D eigenvalue weighted by atomic mass is 16.5. The van der Waals surface area contributed by atoms with Gasteiger partial charge in [0.05, 0.1) is 18.8 Å². The monoisotopic (exact) mass is 223 g/mol. The zero-order valence-corrected chi connectivity index (χ0v) is 9.95. The Morgan fingerprint density at radius 2 is 2.06 bits per heavy atom. The number of carbonyl (C=O) groups is 1. The van der Waals surface area contributed by atoms with E-state index in [2.05, 4.69) is 0 Å². The van der Waals surface area contributed by atoms with Crippen LogP contribution in [-0.2, 0) is 14.3 Å². The van der Waals surface area contributed by atoms with Crippen molar-refractivity contribution in [3.63, 3.8) is 0 Å². The van der Waals surface area contributed by atoms with Crippen LogP contribution in [0.4, 0.5) is 0 Å². The number of hydrogen-bond acceptors (Lipinski definition) is 4. The molecular weight excluding hydrogens is 206 g/mol. The fraction of sp³-hybridized carbons (Fsp3) is 0.667. The van der Waals surface area contributed by atoms with Gasteiger partial charge in [-0.15, -0.1) is 0 Å². The Kier molecular flexibility index (Phi) is 4.51. The Bertz CT molecular complexity index is 329. The number of esters is 1. The number of ether oxygens (including phenoxy) is 2. The van der Waals surface area contributed by atoms with E-state index in [4.69, 9.17) is 14.7 Å². The first kappa shape index (κ1) is 12.7. The summed E-state index contributed by atoms with van der Waals surface area (Å²) in [6.07, 6.45) is 1.37. The molecule has 0 aromatic heterocycles. The van der Waals surface area contributed by atoms with Crippen molar-refractivity contribution in [3.8, 4) is 6.07 Å². The van der Waals surface area contributed by atoms with E-state index >= 15 is 0 Å². The molecule has 0 unspecified atom stereocenters. The van der Waals surface area contributed by atoms with Crippen molar-refractivity contribution >= 4 is 5.97 Å². The number of nitriles is 1. The lowest BCUT2D eigenvalue weighted by atomic mass is 9.94. The van der Waals surface area contributed by atoms with E-state index < -0.39 is 5.97 Å². The van der Waals surface area contributed by atoms with Crippen molar-refractivity contribution in [3.05, 3.63) is 11.1 Å². The highest BCUT2D eigenvalue weighted by Gasteiger charge is 2.25. The SMILES string of the molecule is CCOC(=O)C(C#N)=C1C[C@@H](C)O[C@H](C)C1. The molecule has 1 aliphatic rings. The van der Waals surface area contributed by atoms with Crippen LogP contribution >= 0.6 is 0 Å². The molecule has 2 atom stereocenters. The Morgan fingerprint density at radius 3 is 2.50 bits per heavy atom. The summed E-state index contributed by atoms with van der Waals surface area (Å²) in [5.74, 6) is -0.513. The van der Waals surface area contributed by atoms with Crippen molar-refractivity contribution in [2.75, 3.05) is 6.61 Å². The van der Waals surface area contributed by atoms with E-state index in [1.807, 2.05) is 19.9 Å². The van der Waals surface area contributed by atoms with E-state index in [0.717, 1.165) is 5.57 Å². The maximum absolute atomic E-state index is 11.5. The lowest BCUT2D eigenvalue weighted by Gasteiger charge is -2.27. The zero-order chi connectivity index (χ0) is 12.1. The Hall–Kier alpha value is -1.34. The molecule has 0 amide bonds. The molecule has 16 heavy (non-hydrogen) atoms. The van der Waals surface area contributed by atoms with Gasteiger partial charge in [0.2, 0.25) is 0 Å². The molecule has 1 saturated heterocycles. The van der Waals surface area contributed by atoms with E-state index in [0.29, 0.717) is 19.4 Å². The summed E-state index contributed by atoms with van der Waals surface area (Å²) in [5, 5.41) is 9.00. The van der Waals surface area contributed by atoms with Crippen molar-refractivity contribution in [1.82, 2.24) is 0 Å². The summed E-state index contributed by atoms with van der Waals surface area (Å²) in [4.78, 5) is 11.5. The molecule has 4 nitrogen and oxygen atoms in total. The molecule has 0 aromatic rings. The molecule has 0 aliphatic carbocycles. The van der Waals surface area contributed by atoms with Crippen LogP contribution in [0.1, 0.15) is 33.6 Å². The molecule has 88 valence electrons. The molecule has 1 heterocycles. The van der Waals surface area contributed by atoms with Gasteiger partial charge in [-0.25, -0.2) is 4.79 Å². The molecule has 4 heteroatoms. The van der Waals surface area contributed by atoms with Gasteiger partial charge in [0.25, 0.3) is 0 Å². The third-order valence-electron chi connectivity index (χ3n) is 2.48. The fourth-order valence-electron chi connectivity index (χ4n) is 1.95. The van der Waals surface area contributed by atoms with E-state index in [1.54, 1.807) is 6.92 Å². The first-order valence-electron chi connectivity index (χ1n) is 5.53. The molecule has 1 fully saturated rings. The van der Waals surface area contributed by atoms with Gasteiger partial charge < -0.3 is 9.47 Å². The number of rotatable bonds is 2. The molecule has 0 aromatic carbocycles. The summed E-state index contributed by atoms with van der Waals surface area (Å²) in [6, 6.07) is 1.95. The van der Waals surface area contributed by atoms with E-state index in [-0.39, 0.29) is 17.8 Å². The Balaban J connectivity index is 2.90. The third-order valence-corrected chi connectivity index (χ3v) is 2.48. The van der Waals surface area contributed by atoms with Gasteiger partial charge >= 0.3 is 5.97 Å². The minimum atomic E-state index is -0.513. The molecule has 1 rings (SSSR count). The number of nitrogens with zero attached hydrogens (tertiary/aromatic N) is 1. The predicted molar refractivity (Wildman–Crippen MR) is 58.5 cm³/mol. The van der Waals surface area contributed by atoms with Crippen LogP contribution in [0.5, 0.6) is 0 Å². The lowest BCUT2D eigenvalue weighted by molar-refractivity contribution is -0.138. The standard InChI is InChI=1S/C12H17NO3/c1-4-15-12(14)11(7-13)10-5-8(2)16-9(3)6-10/h8-9H,4-6H2,1-3H3/t8-,9-/m1/s1. The van der Waals surface area contributed by atoms with Crippen LogP contribution in [0.15, 0.2) is 11.1 Å². The highest BCUT2D eigenvalue weighted by molar-refractivity contribution is 5.93. The second-order valence-electron chi connectivity index (χ2n) is 3.98. The molecular formula is C12H17NO3. The second-order valence-corrected chi connectivity index (χ2v) is 3.98. The van der Waals surface area contributed by atoms with Gasteiger partial charge in [0, 0.05) is 0 Å². The largest absolute Gasteiger partial charge is 0.462 e. The first-order chi connectivity index (χ1) is 7.58. The van der Waals surface area contributed by atoms with Gasteiger partial charge in [0.1, 0.15) is 11.6 Å². The zero-order valence-electron chi connectivity index (χ0n) is 9.95. The van der Waals surface area contributed by atoms with E-state index in [1.165, 1.54) is 0 Å². The van der Waals surface area contributed by atoms with Crippen molar-refractivity contribution in [1.29, 1.82) is 5.26 Å². The topological polar surface area (TPSA) is 59.3 Å². The first-order valence-corrected chi connectivity index (χ1v) is 5.53. The minimum absolute atomic E-state index is 0.0523. The molecule has 0 saturated carbocycles. The van der Waals surface area contributed by atoms with Crippen molar-refractivity contribution in [2.45, 2.75) is 45.8 Å². The van der Waals surface area contributed by atoms with Crippen LogP contribution in [0, 0.1) is 11.3 Å². The number of carbonyl (C=O) groups excluding carboxylic acids is 1. The summed E-state index contributed by atoms with van der Waals surface area (Å²) in [7, 11) is 0. The lowest BCUT2D eigenvalue weighted by Crippen LogP contribution is -2.26. The Morgan fingerprint density at radius 1 is 1.50 bits per heavy atom. The van der Waals surface area contributed by atoms with Crippen molar-refractivity contribution < 1.29 is 14.3 Å². The highest BCUT2D eigenvalue weighted by Crippen LogP contribution is 2.26. The maximum atomic E-state index is 11.5. The fourth-order valence-corrected chi connectivity index (χ4v) is 1.95. The van der Waals surface area contributed by atoms with Gasteiger partial charge in [-0.1, -0.05) is 0 Å². The van der Waals surface area contributed by atoms with Gasteiger partial charge in [-0.3, -0.25) is 0 Å². The van der Waals surface area contributed by atoms with Gasteiger partial charge in [-0.2, -0.15) is 5.26 Å². The molecule has 0 radical (unpaired) electrons. The van der Waals surface area contributed by atoms with Crippen molar-refractivity contribution in [2.24, 2.45) is 0 Å². The van der Waals surface area contributed by atoms with Crippen LogP contribution in [-0.4, -0.2) is 24.8 Å².